The zero-order valence-corrected chi connectivity index (χ0v) is 18.6. The van der Waals surface area contributed by atoms with Gasteiger partial charge < -0.3 is 10.1 Å². The Hall–Kier alpha value is -2.85. The highest BCUT2D eigenvalue weighted by molar-refractivity contribution is 5.93. The molecule has 1 fully saturated rings. The van der Waals surface area contributed by atoms with Crippen LogP contribution in [0, 0.1) is 13.8 Å². The number of aryl methyl sites for hydroxylation is 1. The van der Waals surface area contributed by atoms with E-state index >= 15 is 0 Å². The molecule has 0 atom stereocenters. The van der Waals surface area contributed by atoms with Gasteiger partial charge in [-0.2, -0.15) is 5.10 Å². The number of benzene rings is 1. The van der Waals surface area contributed by atoms with Crippen molar-refractivity contribution in [2.75, 3.05) is 44.6 Å². The van der Waals surface area contributed by atoms with Gasteiger partial charge in [0.1, 0.15) is 11.3 Å². The summed E-state index contributed by atoms with van der Waals surface area (Å²) in [5.41, 5.74) is 2.33. The Balaban J connectivity index is 1.53. The van der Waals surface area contributed by atoms with Crippen LogP contribution in [0.1, 0.15) is 40.5 Å². The second-order valence-corrected chi connectivity index (χ2v) is 7.80. The Kier molecular flexibility index (Phi) is 7.92. The number of amides is 1. The highest BCUT2D eigenvalue weighted by atomic mass is 19.3. The number of hydrogen-bond acceptors (Lipinski definition) is 6. The number of alkyl halides is 2. The molecule has 0 saturated carbocycles. The van der Waals surface area contributed by atoms with E-state index in [9.17, 15) is 18.4 Å². The van der Waals surface area contributed by atoms with Crippen molar-refractivity contribution in [3.05, 3.63) is 46.8 Å². The number of nitrogens with one attached hydrogen (secondary N) is 1. The topological polar surface area (TPSA) is 79.7 Å². The first-order valence-electron chi connectivity index (χ1n) is 10.6. The summed E-state index contributed by atoms with van der Waals surface area (Å²) < 4.78 is 33.1. The number of anilines is 1. The molecule has 0 unspecified atom stereocenters. The van der Waals surface area contributed by atoms with Gasteiger partial charge in [-0.15, -0.1) is 0 Å². The first-order chi connectivity index (χ1) is 15.3. The fourth-order valence-electron chi connectivity index (χ4n) is 3.66. The van der Waals surface area contributed by atoms with Crippen LogP contribution in [0.3, 0.4) is 0 Å². The van der Waals surface area contributed by atoms with Crippen LogP contribution in [0.5, 0.6) is 0 Å². The summed E-state index contributed by atoms with van der Waals surface area (Å²) in [6.45, 7) is 8.52. The molecule has 1 N–H and O–H groups in total. The molecule has 174 valence electrons. The van der Waals surface area contributed by atoms with E-state index in [-0.39, 0.29) is 31.3 Å². The Labute approximate surface area is 186 Å². The fourth-order valence-corrected chi connectivity index (χ4v) is 3.66. The molecule has 2 aromatic rings. The number of halogens is 2. The molecule has 1 aliphatic rings. The molecular formula is C22H29F2N5O3. The molecule has 0 radical (unpaired) electrons. The van der Waals surface area contributed by atoms with Crippen LogP contribution in [0.4, 0.5) is 14.5 Å². The lowest BCUT2D eigenvalue weighted by atomic mass is 10.1. The summed E-state index contributed by atoms with van der Waals surface area (Å²) >= 11 is 0. The monoisotopic (exact) mass is 449 g/mol. The Morgan fingerprint density at radius 3 is 2.50 bits per heavy atom. The minimum absolute atomic E-state index is 0.0849. The minimum Gasteiger partial charge on any atom is -0.462 e. The third-order valence-electron chi connectivity index (χ3n) is 5.63. The van der Waals surface area contributed by atoms with Crippen LogP contribution in [0.15, 0.2) is 24.4 Å². The summed E-state index contributed by atoms with van der Waals surface area (Å²) in [4.78, 5) is 28.4. The lowest BCUT2D eigenvalue weighted by Gasteiger charge is -2.34. The molecule has 0 bridgehead atoms. The number of rotatable bonds is 8. The molecule has 1 aromatic carbocycles. The third kappa shape index (κ3) is 5.68. The standard InChI is InChI=1S/C22H29F2N5O3/c1-4-32-22(31)17-12-25-29(20(17)21(23)24)14-28-10-8-27(9-11-28)13-19(30)26-18-7-5-6-15(2)16(18)3/h5-7,12,21H,4,8-11,13-14H2,1-3H3,(H,26,30). The molecule has 1 amide bonds. The van der Waals surface area contributed by atoms with E-state index in [1.807, 2.05) is 41.8 Å². The highest BCUT2D eigenvalue weighted by Crippen LogP contribution is 2.24. The van der Waals surface area contributed by atoms with Crippen molar-refractivity contribution < 1.29 is 23.1 Å². The molecule has 1 aliphatic heterocycles. The van der Waals surface area contributed by atoms with Gasteiger partial charge in [-0.25, -0.2) is 18.3 Å². The number of aromatic nitrogens is 2. The molecule has 8 nitrogen and oxygen atoms in total. The van der Waals surface area contributed by atoms with Gasteiger partial charge in [-0.1, -0.05) is 12.1 Å². The smallest absolute Gasteiger partial charge is 0.341 e. The lowest BCUT2D eigenvalue weighted by molar-refractivity contribution is -0.117. The first kappa shape index (κ1) is 23.8. The minimum atomic E-state index is -2.84. The zero-order valence-electron chi connectivity index (χ0n) is 18.6. The second-order valence-electron chi connectivity index (χ2n) is 7.80. The van der Waals surface area contributed by atoms with Crippen molar-refractivity contribution in [3.8, 4) is 0 Å². The van der Waals surface area contributed by atoms with Crippen molar-refractivity contribution in [2.45, 2.75) is 33.9 Å². The Bertz CT molecular complexity index is 955. The Morgan fingerprint density at radius 2 is 1.84 bits per heavy atom. The Morgan fingerprint density at radius 1 is 1.16 bits per heavy atom. The van der Waals surface area contributed by atoms with Gasteiger partial charge in [0.15, 0.2) is 0 Å². The maximum atomic E-state index is 13.6. The zero-order chi connectivity index (χ0) is 23.3. The number of piperazine rings is 1. The summed E-state index contributed by atoms with van der Waals surface area (Å²) in [5, 5.41) is 6.94. The van der Waals surface area contributed by atoms with Gasteiger partial charge in [-0.3, -0.25) is 14.6 Å². The predicted octanol–water partition coefficient (Wildman–Crippen LogP) is 2.83. The van der Waals surface area contributed by atoms with E-state index in [1.54, 1.807) is 6.92 Å². The summed E-state index contributed by atoms with van der Waals surface area (Å²) in [5.74, 6) is -0.882. The van der Waals surface area contributed by atoms with Gasteiger partial charge in [0.2, 0.25) is 5.91 Å². The van der Waals surface area contributed by atoms with Gasteiger partial charge in [0.05, 0.1) is 26.0 Å². The number of nitrogens with zero attached hydrogens (tertiary/aromatic N) is 4. The SMILES string of the molecule is CCOC(=O)c1cnn(CN2CCN(CC(=O)Nc3cccc(C)c3C)CC2)c1C(F)F. The van der Waals surface area contributed by atoms with Crippen molar-refractivity contribution >= 4 is 17.6 Å². The number of hydrogen-bond donors (Lipinski definition) is 1. The average Bonchev–Trinajstić information content (AvgIpc) is 3.17. The molecule has 10 heteroatoms. The van der Waals surface area contributed by atoms with Crippen LogP contribution in [0.25, 0.3) is 0 Å². The molecule has 1 aromatic heterocycles. The number of esters is 1. The third-order valence-corrected chi connectivity index (χ3v) is 5.63. The van der Waals surface area contributed by atoms with E-state index in [2.05, 4.69) is 10.4 Å². The van der Waals surface area contributed by atoms with Gasteiger partial charge in [-0.05, 0) is 38.0 Å². The highest BCUT2D eigenvalue weighted by Gasteiger charge is 2.27. The lowest BCUT2D eigenvalue weighted by Crippen LogP contribution is -2.49. The van der Waals surface area contributed by atoms with Crippen LogP contribution >= 0.6 is 0 Å². The number of carbonyl (C=O) groups excluding carboxylic acids is 2. The van der Waals surface area contributed by atoms with Gasteiger partial charge >= 0.3 is 5.97 Å². The number of carbonyl (C=O) groups is 2. The summed E-state index contributed by atoms with van der Waals surface area (Å²) in [7, 11) is 0. The van der Waals surface area contributed by atoms with Gasteiger partial charge in [0.25, 0.3) is 6.43 Å². The van der Waals surface area contributed by atoms with Crippen molar-refractivity contribution in [2.24, 2.45) is 0 Å². The van der Waals surface area contributed by atoms with E-state index in [4.69, 9.17) is 4.74 Å². The van der Waals surface area contributed by atoms with Crippen LogP contribution < -0.4 is 5.32 Å². The summed E-state index contributed by atoms with van der Waals surface area (Å²) in [6.07, 6.45) is -1.71. The molecule has 1 saturated heterocycles. The first-order valence-corrected chi connectivity index (χ1v) is 10.6. The number of ether oxygens (including phenoxy) is 1. The molecule has 0 spiro atoms. The molecule has 3 rings (SSSR count). The molecular weight excluding hydrogens is 420 g/mol. The fraction of sp³-hybridized carbons (Fsp3) is 0.500. The maximum Gasteiger partial charge on any atom is 0.341 e. The maximum absolute atomic E-state index is 13.6. The van der Waals surface area contributed by atoms with Crippen LogP contribution in [-0.2, 0) is 16.2 Å². The normalized spacial score (nSPS) is 15.2. The van der Waals surface area contributed by atoms with Crippen molar-refractivity contribution in [1.82, 2.24) is 19.6 Å². The average molecular weight is 450 g/mol. The largest absolute Gasteiger partial charge is 0.462 e. The molecule has 0 aliphatic carbocycles. The van der Waals surface area contributed by atoms with E-state index in [0.717, 1.165) is 27.7 Å². The van der Waals surface area contributed by atoms with E-state index in [1.165, 1.54) is 0 Å². The second kappa shape index (κ2) is 10.6. The van der Waals surface area contributed by atoms with E-state index in [0.29, 0.717) is 26.2 Å². The van der Waals surface area contributed by atoms with Crippen LogP contribution in [-0.4, -0.2) is 70.8 Å². The summed E-state index contributed by atoms with van der Waals surface area (Å²) in [6, 6.07) is 5.79. The van der Waals surface area contributed by atoms with E-state index < -0.39 is 18.1 Å². The van der Waals surface area contributed by atoms with Gasteiger partial charge in [0, 0.05) is 31.9 Å². The van der Waals surface area contributed by atoms with Crippen LogP contribution in [0.2, 0.25) is 0 Å². The molecule has 2 heterocycles. The molecule has 32 heavy (non-hydrogen) atoms. The van der Waals surface area contributed by atoms with Crippen molar-refractivity contribution in [3.63, 3.8) is 0 Å². The van der Waals surface area contributed by atoms with Crippen molar-refractivity contribution in [1.29, 1.82) is 0 Å². The quantitative estimate of drug-likeness (QED) is 0.625. The predicted molar refractivity (Wildman–Crippen MR) is 116 cm³/mol.